The van der Waals surface area contributed by atoms with Gasteiger partial charge in [-0.2, -0.15) is 0 Å². The van der Waals surface area contributed by atoms with E-state index in [0.29, 0.717) is 41.4 Å². The molecule has 5 heterocycles. The van der Waals surface area contributed by atoms with Gasteiger partial charge in [0.15, 0.2) is 9.93 Å². The summed E-state index contributed by atoms with van der Waals surface area (Å²) in [6, 6.07) is 3.56. The predicted molar refractivity (Wildman–Crippen MR) is 226 cm³/mol. The van der Waals surface area contributed by atoms with Gasteiger partial charge in [0.2, 0.25) is 0 Å². The molecule has 2 saturated carbocycles. The number of rotatable bonds is 12. The molecule has 5 aliphatic rings. The second-order valence-electron chi connectivity index (χ2n) is 16.9. The van der Waals surface area contributed by atoms with Gasteiger partial charge in [0.05, 0.1) is 35.9 Å². The number of allylic oxidation sites excluding steroid dienone is 2. The number of nitrogens with two attached hydrogens (primary N) is 2. The van der Waals surface area contributed by atoms with Crippen molar-refractivity contribution in [3.8, 4) is 0 Å². The number of primary amides is 2. The smallest absolute Gasteiger partial charge is 0.404 e. The Balaban J connectivity index is 0.000000200. The summed E-state index contributed by atoms with van der Waals surface area (Å²) in [5, 5.41) is 12.3. The van der Waals surface area contributed by atoms with Crippen molar-refractivity contribution in [3.63, 3.8) is 0 Å². The molecule has 332 valence electrons. The van der Waals surface area contributed by atoms with Crippen LogP contribution in [0.1, 0.15) is 80.1 Å². The first kappa shape index (κ1) is 47.6. The first-order valence-corrected chi connectivity index (χ1v) is 21.7. The quantitative estimate of drug-likeness (QED) is 0.0630. The number of nitrogens with one attached hydrogen (secondary N) is 1. The van der Waals surface area contributed by atoms with Crippen molar-refractivity contribution < 1.29 is 47.9 Å². The lowest BCUT2D eigenvalue weighted by molar-refractivity contribution is -0.155. The zero-order valence-electron chi connectivity index (χ0n) is 35.8. The van der Waals surface area contributed by atoms with Crippen LogP contribution in [0.25, 0.3) is 0 Å². The Kier molecular flexibility index (Phi) is 16.0. The molecule has 0 radical (unpaired) electrons. The molecular formula is C42H62N6O10S2. The van der Waals surface area contributed by atoms with E-state index < -0.39 is 47.6 Å². The third-order valence-corrected chi connectivity index (χ3v) is 13.5. The third-order valence-electron chi connectivity index (χ3n) is 12.1. The molecule has 2 aliphatic carbocycles. The van der Waals surface area contributed by atoms with Crippen LogP contribution in [-0.2, 0) is 33.2 Å². The largest absolute Gasteiger partial charge is 0.444 e. The molecule has 18 heteroatoms. The summed E-state index contributed by atoms with van der Waals surface area (Å²) in [6.07, 6.45) is 11.6. The van der Waals surface area contributed by atoms with Crippen LogP contribution in [0.3, 0.4) is 0 Å². The Bertz CT molecular complexity index is 1860. The number of methoxy groups -OCH3 is 2. The van der Waals surface area contributed by atoms with Gasteiger partial charge in [0.1, 0.15) is 35.6 Å². The van der Waals surface area contributed by atoms with Crippen molar-refractivity contribution in [2.45, 2.75) is 144 Å². The summed E-state index contributed by atoms with van der Waals surface area (Å²) in [7, 11) is 3.21. The number of fused-ring (bicyclic) bond motifs is 1. The predicted octanol–water partition coefficient (Wildman–Crippen LogP) is 6.00. The van der Waals surface area contributed by atoms with Gasteiger partial charge in [-0.3, -0.25) is 0 Å². The van der Waals surface area contributed by atoms with Gasteiger partial charge in [0.25, 0.3) is 0 Å². The van der Waals surface area contributed by atoms with E-state index in [0.717, 1.165) is 25.0 Å². The maximum absolute atomic E-state index is 11.6. The van der Waals surface area contributed by atoms with Crippen LogP contribution in [-0.4, -0.2) is 123 Å². The summed E-state index contributed by atoms with van der Waals surface area (Å²) in [6.45, 7) is 12.8. The fourth-order valence-corrected chi connectivity index (χ4v) is 10.5. The normalized spacial score (nSPS) is 35.9. The van der Waals surface area contributed by atoms with E-state index >= 15 is 0 Å². The maximum atomic E-state index is 11.6. The highest BCUT2D eigenvalue weighted by Gasteiger charge is 2.72. The number of carbonyl (C=O) groups is 2. The lowest BCUT2D eigenvalue weighted by Crippen LogP contribution is -2.60. The molecule has 7 rings (SSSR count). The molecule has 2 amide bonds. The molecule has 6 N–H and O–H groups in total. The molecule has 1 spiro atoms. The number of aliphatic hydroxyl groups is 1. The van der Waals surface area contributed by atoms with Crippen molar-refractivity contribution >= 4 is 36.2 Å². The zero-order valence-corrected chi connectivity index (χ0v) is 37.5. The van der Waals surface area contributed by atoms with E-state index in [4.69, 9.17) is 44.6 Å². The van der Waals surface area contributed by atoms with Gasteiger partial charge >= 0.3 is 12.2 Å². The topological polar surface area (TPSA) is 232 Å². The van der Waals surface area contributed by atoms with Gasteiger partial charge in [0, 0.05) is 50.7 Å². The molecule has 5 fully saturated rings. The zero-order chi connectivity index (χ0) is 43.9. The van der Waals surface area contributed by atoms with E-state index in [2.05, 4.69) is 65.1 Å². The summed E-state index contributed by atoms with van der Waals surface area (Å²) >= 11 is 6.13. The number of H-pyrrole nitrogens is 1. The van der Waals surface area contributed by atoms with Gasteiger partial charge < -0.3 is 54.7 Å². The minimum Gasteiger partial charge on any atom is -0.444 e. The van der Waals surface area contributed by atoms with Gasteiger partial charge in [-0.25, -0.2) is 24.5 Å². The lowest BCUT2D eigenvalue weighted by atomic mass is 9.66. The van der Waals surface area contributed by atoms with Crippen LogP contribution in [0.2, 0.25) is 0 Å². The van der Waals surface area contributed by atoms with E-state index in [1.165, 1.54) is 17.3 Å². The second kappa shape index (κ2) is 20.1. The number of hydrogen-bond donors (Lipinski definition) is 4. The summed E-state index contributed by atoms with van der Waals surface area (Å²) < 4.78 is 41.2. The van der Waals surface area contributed by atoms with Crippen molar-refractivity contribution in [1.29, 1.82) is 0 Å². The molecular weight excluding hydrogens is 813 g/mol. The molecule has 0 bridgehead atoms. The Morgan fingerprint density at radius 2 is 1.43 bits per heavy atom. The number of aromatic nitrogens is 4. The van der Waals surface area contributed by atoms with Crippen molar-refractivity contribution in [2.75, 3.05) is 26.6 Å². The Hall–Kier alpha value is -3.49. The van der Waals surface area contributed by atoms with Gasteiger partial charge in [-0.05, 0) is 104 Å². The Morgan fingerprint density at radius 3 is 1.92 bits per heavy atom. The molecule has 16 nitrogen and oxygen atoms in total. The van der Waals surface area contributed by atoms with E-state index in [1.807, 2.05) is 13.8 Å². The van der Waals surface area contributed by atoms with Crippen LogP contribution >= 0.6 is 24.0 Å². The fraction of sp³-hybridized carbons (Fsp3) is 0.667. The first-order valence-electron chi connectivity index (χ1n) is 20.3. The standard InChI is InChI=1S/C21H31N3O5S.C17H27NO5.C4H4N2S/c1-13(2)6-7-15-20(3,26)17-16(27-4)14(28-18(22)25)8-9-21(17,29-15)12-30-19-23-10-5-11-24-19;1-10(2)5-6-12-16(3,23-12)14-13(20-4)11(22-15(18)19)7-8-17(14)9-21-17;7-4-5-2-1-3-6-4/h5-6,10-11,14-17,26H,7-9,12H2,1-4H3,(H2,22,25);5,11-14H,6-9H2,1-4H3,(H2,18,19);1-3H,(H,5,6,7)/t14?,15-,16?,17?,20+,21-;11?,12-,13?,14?,16+,17+;/m01./s1. The highest BCUT2D eigenvalue weighted by Crippen LogP contribution is 2.60. The molecule has 3 saturated heterocycles. The molecule has 2 aromatic heterocycles. The van der Waals surface area contributed by atoms with E-state index in [-0.39, 0.29) is 35.4 Å². The second-order valence-corrected chi connectivity index (χ2v) is 18.2. The Labute approximate surface area is 361 Å². The molecule has 3 aliphatic heterocycles. The average molecular weight is 875 g/mol. The van der Waals surface area contributed by atoms with Crippen LogP contribution in [0, 0.1) is 16.6 Å². The number of ether oxygens (including phenoxy) is 7. The highest BCUT2D eigenvalue weighted by atomic mass is 32.2. The first-order chi connectivity index (χ1) is 28.4. The molecule has 12 atom stereocenters. The van der Waals surface area contributed by atoms with E-state index in [1.54, 1.807) is 58.1 Å². The lowest BCUT2D eigenvalue weighted by Gasteiger charge is -2.47. The van der Waals surface area contributed by atoms with Crippen LogP contribution in [0.15, 0.2) is 65.4 Å². The maximum Gasteiger partial charge on any atom is 0.404 e. The molecule has 6 unspecified atom stereocenters. The van der Waals surface area contributed by atoms with Crippen LogP contribution in [0.5, 0.6) is 0 Å². The number of amides is 2. The highest BCUT2D eigenvalue weighted by molar-refractivity contribution is 7.99. The number of nitrogens with zero attached hydrogens (tertiary/aromatic N) is 3. The van der Waals surface area contributed by atoms with Crippen molar-refractivity contribution in [3.05, 3.63) is 65.0 Å². The van der Waals surface area contributed by atoms with Crippen molar-refractivity contribution in [2.24, 2.45) is 23.3 Å². The molecule has 60 heavy (non-hydrogen) atoms. The minimum absolute atomic E-state index is 0.0358. The van der Waals surface area contributed by atoms with Gasteiger partial charge in [-0.15, -0.1) is 0 Å². The van der Waals surface area contributed by atoms with Gasteiger partial charge in [-0.1, -0.05) is 35.1 Å². The monoisotopic (exact) mass is 874 g/mol. The van der Waals surface area contributed by atoms with Crippen LogP contribution in [0.4, 0.5) is 9.59 Å². The number of hydrogen-bond acceptors (Lipinski definition) is 15. The number of aromatic amines is 1. The summed E-state index contributed by atoms with van der Waals surface area (Å²) in [4.78, 5) is 37.7. The van der Waals surface area contributed by atoms with Crippen LogP contribution < -0.4 is 11.5 Å². The Morgan fingerprint density at radius 1 is 0.883 bits per heavy atom. The summed E-state index contributed by atoms with van der Waals surface area (Å²) in [5.41, 5.74) is 10.5. The van der Waals surface area contributed by atoms with Crippen molar-refractivity contribution in [1.82, 2.24) is 19.9 Å². The third kappa shape index (κ3) is 11.3. The number of thioether (sulfide) groups is 1. The summed E-state index contributed by atoms with van der Waals surface area (Å²) in [5.74, 6) is 0.167. The minimum atomic E-state index is -1.19. The van der Waals surface area contributed by atoms with E-state index in [9.17, 15) is 14.7 Å². The number of epoxide rings is 2. The fourth-order valence-electron chi connectivity index (χ4n) is 9.29. The number of carbonyl (C=O) groups excluding carboxylic acids is 2. The molecule has 2 aromatic rings. The molecule has 0 aromatic carbocycles. The SMILES string of the molecule is COC1C(OC(N)=O)CC[C@@]2(CSc3ncccn3)O[C@@H](CC=C(C)C)[C@@](C)(O)C12.COC1C(OC(N)=O)CC[C@]2(CO2)C1[C@@]1(C)O[C@@H]1CC=C(C)C.S=c1nccc[nH]1. The average Bonchev–Trinajstić information content (AvgIpc) is 4.10.